The van der Waals surface area contributed by atoms with Gasteiger partial charge < -0.3 is 10.1 Å². The van der Waals surface area contributed by atoms with Gasteiger partial charge in [-0.05, 0) is 37.8 Å². The van der Waals surface area contributed by atoms with E-state index in [1.54, 1.807) is 7.11 Å². The van der Waals surface area contributed by atoms with Crippen LogP contribution >= 0.6 is 0 Å². The number of aryl methyl sites for hydroxylation is 1. The van der Waals surface area contributed by atoms with Crippen LogP contribution in [0.25, 0.3) is 0 Å². The highest BCUT2D eigenvalue weighted by molar-refractivity contribution is 5.62. The van der Waals surface area contributed by atoms with Crippen LogP contribution in [0.1, 0.15) is 30.4 Å². The molecule has 3 nitrogen and oxygen atoms in total. The van der Waals surface area contributed by atoms with Gasteiger partial charge in [-0.15, -0.1) is 0 Å². The molecule has 1 aliphatic rings. The van der Waals surface area contributed by atoms with E-state index in [1.807, 2.05) is 25.1 Å². The number of hydrogen-bond acceptors (Lipinski definition) is 3. The molecule has 1 aliphatic carbocycles. The summed E-state index contributed by atoms with van der Waals surface area (Å²) in [5.41, 5.74) is 2.84. The van der Waals surface area contributed by atoms with Crippen molar-refractivity contribution in [2.75, 3.05) is 12.4 Å². The van der Waals surface area contributed by atoms with Gasteiger partial charge in [0.1, 0.15) is 6.07 Å². The molecule has 0 radical (unpaired) electrons. The second-order valence-electron chi connectivity index (χ2n) is 4.62. The maximum Gasteiger partial charge on any atom is 0.101 e. The number of hydrogen-bond donors (Lipinski definition) is 1. The van der Waals surface area contributed by atoms with E-state index in [-0.39, 0.29) is 0 Å². The molecule has 0 amide bonds. The molecule has 3 heteroatoms. The second-order valence-corrected chi connectivity index (χ2v) is 4.62. The number of para-hydroxylation sites is 1. The van der Waals surface area contributed by atoms with Crippen LogP contribution in [0.15, 0.2) is 18.2 Å². The summed E-state index contributed by atoms with van der Waals surface area (Å²) in [7, 11) is 1.77. The molecule has 90 valence electrons. The minimum absolute atomic E-state index is 0.363. The molecule has 1 N–H and O–H groups in total. The second kappa shape index (κ2) is 5.20. The molecule has 1 aromatic carbocycles. The summed E-state index contributed by atoms with van der Waals surface area (Å²) in [6.07, 6.45) is 3.59. The van der Waals surface area contributed by atoms with Crippen molar-refractivity contribution in [2.24, 2.45) is 0 Å². The van der Waals surface area contributed by atoms with Crippen molar-refractivity contribution < 1.29 is 4.74 Å². The first kappa shape index (κ1) is 11.9. The lowest BCUT2D eigenvalue weighted by Gasteiger charge is -2.17. The summed E-state index contributed by atoms with van der Waals surface area (Å²) in [6.45, 7) is 2.03. The number of benzene rings is 1. The molecule has 1 aromatic rings. The SMILES string of the molecule is COC1CCC(Nc2c(C)cccc2C#N)C1. The zero-order valence-electron chi connectivity index (χ0n) is 10.4. The fourth-order valence-corrected chi connectivity index (χ4v) is 2.44. The molecule has 17 heavy (non-hydrogen) atoms. The molecule has 0 saturated heterocycles. The minimum atomic E-state index is 0.363. The highest BCUT2D eigenvalue weighted by Crippen LogP contribution is 2.28. The third-order valence-corrected chi connectivity index (χ3v) is 3.46. The first-order valence-corrected chi connectivity index (χ1v) is 6.03. The van der Waals surface area contributed by atoms with Gasteiger partial charge in [0.15, 0.2) is 0 Å². The number of rotatable bonds is 3. The Bertz CT molecular complexity index is 436. The lowest BCUT2D eigenvalue weighted by molar-refractivity contribution is 0.108. The monoisotopic (exact) mass is 230 g/mol. The summed E-state index contributed by atoms with van der Waals surface area (Å²) in [5.74, 6) is 0. The summed E-state index contributed by atoms with van der Waals surface area (Å²) >= 11 is 0. The van der Waals surface area contributed by atoms with Gasteiger partial charge in [-0.1, -0.05) is 12.1 Å². The maximum absolute atomic E-state index is 9.10. The Kier molecular flexibility index (Phi) is 3.65. The van der Waals surface area contributed by atoms with Crippen LogP contribution in [0.2, 0.25) is 0 Å². The van der Waals surface area contributed by atoms with E-state index in [9.17, 15) is 0 Å². The van der Waals surface area contributed by atoms with Gasteiger partial charge in [0.25, 0.3) is 0 Å². The molecule has 0 aliphatic heterocycles. The zero-order chi connectivity index (χ0) is 12.3. The van der Waals surface area contributed by atoms with E-state index in [0.29, 0.717) is 12.1 Å². The van der Waals surface area contributed by atoms with Crippen LogP contribution in [0, 0.1) is 18.3 Å². The Hall–Kier alpha value is -1.53. The Morgan fingerprint density at radius 2 is 2.24 bits per heavy atom. The van der Waals surface area contributed by atoms with Gasteiger partial charge in [0, 0.05) is 13.2 Å². The van der Waals surface area contributed by atoms with Crippen LogP contribution in [-0.4, -0.2) is 19.3 Å². The topological polar surface area (TPSA) is 45.0 Å². The number of nitriles is 1. The van der Waals surface area contributed by atoms with E-state index >= 15 is 0 Å². The molecular formula is C14H18N2O. The van der Waals surface area contributed by atoms with Crippen molar-refractivity contribution in [2.45, 2.75) is 38.3 Å². The van der Waals surface area contributed by atoms with E-state index < -0.39 is 0 Å². The molecular weight excluding hydrogens is 212 g/mol. The van der Waals surface area contributed by atoms with E-state index in [0.717, 1.165) is 36.1 Å². The van der Waals surface area contributed by atoms with Gasteiger partial charge >= 0.3 is 0 Å². The number of nitrogens with one attached hydrogen (secondary N) is 1. The normalized spacial score (nSPS) is 23.4. The average Bonchev–Trinajstić information content (AvgIpc) is 2.79. The molecule has 1 fully saturated rings. The molecule has 2 unspecified atom stereocenters. The first-order valence-electron chi connectivity index (χ1n) is 6.03. The van der Waals surface area contributed by atoms with Gasteiger partial charge in [-0.25, -0.2) is 0 Å². The smallest absolute Gasteiger partial charge is 0.101 e. The van der Waals surface area contributed by atoms with Crippen LogP contribution < -0.4 is 5.32 Å². The Labute approximate surface area is 102 Å². The van der Waals surface area contributed by atoms with Crippen molar-refractivity contribution >= 4 is 5.69 Å². The number of nitrogens with zero attached hydrogens (tertiary/aromatic N) is 1. The van der Waals surface area contributed by atoms with Crippen LogP contribution in [0.4, 0.5) is 5.69 Å². The Morgan fingerprint density at radius 1 is 1.41 bits per heavy atom. The van der Waals surface area contributed by atoms with Crippen molar-refractivity contribution in [3.05, 3.63) is 29.3 Å². The van der Waals surface area contributed by atoms with Gasteiger partial charge in [-0.3, -0.25) is 0 Å². The predicted molar refractivity (Wildman–Crippen MR) is 68.0 cm³/mol. The Morgan fingerprint density at radius 3 is 2.88 bits per heavy atom. The fraction of sp³-hybridized carbons (Fsp3) is 0.500. The third-order valence-electron chi connectivity index (χ3n) is 3.46. The molecule has 0 spiro atoms. The largest absolute Gasteiger partial charge is 0.381 e. The highest BCUT2D eigenvalue weighted by atomic mass is 16.5. The molecule has 1 saturated carbocycles. The van der Waals surface area contributed by atoms with Crippen LogP contribution in [-0.2, 0) is 4.74 Å². The van der Waals surface area contributed by atoms with E-state index in [2.05, 4.69) is 11.4 Å². The number of anilines is 1. The van der Waals surface area contributed by atoms with Crippen molar-refractivity contribution in [3.63, 3.8) is 0 Å². The standard InChI is InChI=1S/C14H18N2O/c1-10-4-3-5-11(9-15)14(10)16-12-6-7-13(8-12)17-2/h3-5,12-13,16H,6-8H2,1-2H3. The molecule has 2 atom stereocenters. The first-order chi connectivity index (χ1) is 8.24. The molecule has 0 bridgehead atoms. The van der Waals surface area contributed by atoms with E-state index in [4.69, 9.17) is 10.00 Å². The zero-order valence-corrected chi connectivity index (χ0v) is 10.4. The highest BCUT2D eigenvalue weighted by Gasteiger charge is 2.25. The van der Waals surface area contributed by atoms with Gasteiger partial charge in [-0.2, -0.15) is 5.26 Å². The average molecular weight is 230 g/mol. The quantitative estimate of drug-likeness (QED) is 0.868. The Balaban J connectivity index is 2.12. The summed E-state index contributed by atoms with van der Waals surface area (Å²) in [4.78, 5) is 0. The maximum atomic E-state index is 9.10. The molecule has 2 rings (SSSR count). The van der Waals surface area contributed by atoms with Gasteiger partial charge in [0.2, 0.25) is 0 Å². The number of methoxy groups -OCH3 is 1. The summed E-state index contributed by atoms with van der Waals surface area (Å²) in [5, 5.41) is 12.6. The van der Waals surface area contributed by atoms with Crippen molar-refractivity contribution in [1.29, 1.82) is 5.26 Å². The van der Waals surface area contributed by atoms with E-state index in [1.165, 1.54) is 0 Å². The lowest BCUT2D eigenvalue weighted by Crippen LogP contribution is -2.18. The minimum Gasteiger partial charge on any atom is -0.381 e. The predicted octanol–water partition coefficient (Wildman–Crippen LogP) is 2.85. The van der Waals surface area contributed by atoms with Crippen molar-refractivity contribution in [1.82, 2.24) is 0 Å². The third kappa shape index (κ3) is 2.59. The van der Waals surface area contributed by atoms with Gasteiger partial charge in [0.05, 0.1) is 17.4 Å². The summed E-state index contributed by atoms with van der Waals surface area (Å²) < 4.78 is 5.36. The fourth-order valence-electron chi connectivity index (χ4n) is 2.44. The van der Waals surface area contributed by atoms with Crippen LogP contribution in [0.3, 0.4) is 0 Å². The van der Waals surface area contributed by atoms with Crippen LogP contribution in [0.5, 0.6) is 0 Å². The molecule has 0 aromatic heterocycles. The lowest BCUT2D eigenvalue weighted by atomic mass is 10.1. The molecule has 0 heterocycles. The van der Waals surface area contributed by atoms with Crippen molar-refractivity contribution in [3.8, 4) is 6.07 Å². The number of ether oxygens (including phenoxy) is 1. The summed E-state index contributed by atoms with van der Waals surface area (Å²) in [6, 6.07) is 8.48.